The van der Waals surface area contributed by atoms with E-state index in [1.54, 1.807) is 18.2 Å². The van der Waals surface area contributed by atoms with E-state index in [1.807, 2.05) is 0 Å². The van der Waals surface area contributed by atoms with Gasteiger partial charge in [0.25, 0.3) is 0 Å². The van der Waals surface area contributed by atoms with Crippen molar-refractivity contribution < 1.29 is 13.2 Å². The maximum atomic E-state index is 12.9. The zero-order chi connectivity index (χ0) is 13.7. The minimum Gasteiger partial charge on any atom is -0.399 e. The number of halogens is 3. The fraction of sp³-hybridized carbons (Fsp3) is 0.333. The van der Waals surface area contributed by atoms with Gasteiger partial charge >= 0.3 is 6.18 Å². The highest BCUT2D eigenvalue weighted by molar-refractivity contribution is 5.91. The van der Waals surface area contributed by atoms with Crippen LogP contribution in [-0.4, -0.2) is 21.7 Å². The molecular weight excluding hydrogens is 257 g/mol. The van der Waals surface area contributed by atoms with Crippen LogP contribution in [0.2, 0.25) is 0 Å². The maximum absolute atomic E-state index is 12.9. The van der Waals surface area contributed by atoms with Crippen molar-refractivity contribution in [1.82, 2.24) is 9.97 Å². The van der Waals surface area contributed by atoms with Crippen LogP contribution in [0.3, 0.4) is 0 Å². The Balaban J connectivity index is 2.04. The van der Waals surface area contributed by atoms with Crippen LogP contribution < -0.4 is 11.1 Å². The molecule has 0 atom stereocenters. The predicted octanol–water partition coefficient (Wildman–Crippen LogP) is 2.72. The Bertz CT molecular complexity index is 634. The largest absolute Gasteiger partial charge is 0.411 e. The molecule has 100 valence electrons. The van der Waals surface area contributed by atoms with Gasteiger partial charge in [0.1, 0.15) is 17.7 Å². The van der Waals surface area contributed by atoms with Crippen LogP contribution in [-0.2, 0) is 0 Å². The first-order valence-electron chi connectivity index (χ1n) is 5.76. The van der Waals surface area contributed by atoms with Crippen LogP contribution >= 0.6 is 0 Å². The Labute approximate surface area is 106 Å². The zero-order valence-corrected chi connectivity index (χ0v) is 9.83. The van der Waals surface area contributed by atoms with Crippen molar-refractivity contribution in [3.63, 3.8) is 0 Å². The highest BCUT2D eigenvalue weighted by atomic mass is 19.4. The molecule has 7 heteroatoms. The fourth-order valence-corrected chi connectivity index (χ4v) is 2.00. The zero-order valence-electron chi connectivity index (χ0n) is 9.83. The second-order valence-electron chi connectivity index (χ2n) is 4.70. The minimum atomic E-state index is -4.29. The molecule has 1 aromatic heterocycles. The van der Waals surface area contributed by atoms with E-state index in [0.29, 0.717) is 16.6 Å². The summed E-state index contributed by atoms with van der Waals surface area (Å²) in [4.78, 5) is 7.92. The van der Waals surface area contributed by atoms with Crippen molar-refractivity contribution in [2.24, 2.45) is 0 Å². The van der Waals surface area contributed by atoms with Gasteiger partial charge in [-0.2, -0.15) is 13.2 Å². The van der Waals surface area contributed by atoms with Gasteiger partial charge in [0.05, 0.1) is 5.52 Å². The molecule has 0 amide bonds. The van der Waals surface area contributed by atoms with Crippen molar-refractivity contribution in [2.75, 3.05) is 11.1 Å². The van der Waals surface area contributed by atoms with Crippen LogP contribution in [0.1, 0.15) is 12.8 Å². The molecule has 19 heavy (non-hydrogen) atoms. The van der Waals surface area contributed by atoms with Gasteiger partial charge in [-0.3, -0.25) is 0 Å². The molecular formula is C12H11F3N4. The SMILES string of the molecule is Nc1ccc2ncnc(NC3(C(F)(F)F)CC3)c2c1. The summed E-state index contributed by atoms with van der Waals surface area (Å²) >= 11 is 0. The number of benzene rings is 1. The van der Waals surface area contributed by atoms with E-state index in [4.69, 9.17) is 5.73 Å². The number of nitrogens with zero attached hydrogens (tertiary/aromatic N) is 2. The number of alkyl halides is 3. The Morgan fingerprint density at radius 3 is 2.58 bits per heavy atom. The lowest BCUT2D eigenvalue weighted by atomic mass is 10.2. The van der Waals surface area contributed by atoms with Crippen LogP contribution in [0.15, 0.2) is 24.5 Å². The predicted molar refractivity (Wildman–Crippen MR) is 65.6 cm³/mol. The highest BCUT2D eigenvalue weighted by Crippen LogP contribution is 2.51. The van der Waals surface area contributed by atoms with Gasteiger partial charge < -0.3 is 11.1 Å². The average molecular weight is 268 g/mol. The first kappa shape index (κ1) is 12.0. The summed E-state index contributed by atoms with van der Waals surface area (Å²) in [7, 11) is 0. The van der Waals surface area contributed by atoms with Gasteiger partial charge in [-0.15, -0.1) is 0 Å². The highest BCUT2D eigenvalue weighted by Gasteiger charge is 2.63. The Morgan fingerprint density at radius 1 is 1.21 bits per heavy atom. The van der Waals surface area contributed by atoms with Crippen LogP contribution in [0.5, 0.6) is 0 Å². The van der Waals surface area contributed by atoms with E-state index in [2.05, 4.69) is 15.3 Å². The van der Waals surface area contributed by atoms with Crippen molar-refractivity contribution >= 4 is 22.4 Å². The fourth-order valence-electron chi connectivity index (χ4n) is 2.00. The lowest BCUT2D eigenvalue weighted by Gasteiger charge is -2.21. The second kappa shape index (κ2) is 3.72. The van der Waals surface area contributed by atoms with Gasteiger partial charge in [-0.05, 0) is 31.0 Å². The summed E-state index contributed by atoms with van der Waals surface area (Å²) in [5, 5.41) is 3.01. The smallest absolute Gasteiger partial charge is 0.399 e. The number of rotatable bonds is 2. The summed E-state index contributed by atoms with van der Waals surface area (Å²) in [6.07, 6.45) is -2.92. The number of aromatic nitrogens is 2. The topological polar surface area (TPSA) is 63.8 Å². The van der Waals surface area contributed by atoms with Gasteiger partial charge in [-0.25, -0.2) is 9.97 Å². The third-order valence-corrected chi connectivity index (χ3v) is 3.31. The molecule has 0 aliphatic heterocycles. The Morgan fingerprint density at radius 2 is 1.95 bits per heavy atom. The molecule has 0 bridgehead atoms. The molecule has 2 aromatic rings. The Hall–Kier alpha value is -2.05. The minimum absolute atomic E-state index is 0.0598. The van der Waals surface area contributed by atoms with E-state index < -0.39 is 11.7 Å². The summed E-state index contributed by atoms with van der Waals surface area (Å²) < 4.78 is 38.8. The monoisotopic (exact) mass is 268 g/mol. The molecule has 0 unspecified atom stereocenters. The van der Waals surface area contributed by atoms with Gasteiger partial charge in [-0.1, -0.05) is 0 Å². The first-order valence-corrected chi connectivity index (χ1v) is 5.76. The molecule has 0 radical (unpaired) electrons. The summed E-state index contributed by atoms with van der Waals surface area (Å²) in [5.74, 6) is 0.173. The normalized spacial score (nSPS) is 17.4. The van der Waals surface area contributed by atoms with Crippen molar-refractivity contribution in [3.05, 3.63) is 24.5 Å². The van der Waals surface area contributed by atoms with Crippen LogP contribution in [0, 0.1) is 0 Å². The standard InChI is InChI=1S/C12H11F3N4/c13-12(14,15)11(3-4-11)19-10-8-5-7(16)1-2-9(8)17-6-18-10/h1-2,5-6H,3-4,16H2,(H,17,18,19). The molecule has 1 heterocycles. The second-order valence-corrected chi connectivity index (χ2v) is 4.70. The lowest BCUT2D eigenvalue weighted by molar-refractivity contribution is -0.151. The van der Waals surface area contributed by atoms with Crippen molar-refractivity contribution in [3.8, 4) is 0 Å². The number of nitrogen functional groups attached to an aromatic ring is 1. The number of anilines is 2. The summed E-state index contributed by atoms with van der Waals surface area (Å²) in [6.45, 7) is 0. The molecule has 3 N–H and O–H groups in total. The van der Waals surface area contributed by atoms with Gasteiger partial charge in [0, 0.05) is 11.1 Å². The van der Waals surface area contributed by atoms with E-state index >= 15 is 0 Å². The third-order valence-electron chi connectivity index (χ3n) is 3.31. The molecule has 0 saturated heterocycles. The average Bonchev–Trinajstić information content (AvgIpc) is 3.10. The van der Waals surface area contributed by atoms with E-state index in [1.165, 1.54) is 6.33 Å². The van der Waals surface area contributed by atoms with Crippen molar-refractivity contribution in [2.45, 2.75) is 24.6 Å². The molecule has 0 spiro atoms. The number of fused-ring (bicyclic) bond motifs is 1. The van der Waals surface area contributed by atoms with Gasteiger partial charge in [0.15, 0.2) is 0 Å². The lowest BCUT2D eigenvalue weighted by Crippen LogP contribution is -2.39. The number of nitrogens with one attached hydrogen (secondary N) is 1. The number of hydrogen-bond donors (Lipinski definition) is 2. The molecule has 1 fully saturated rings. The number of hydrogen-bond acceptors (Lipinski definition) is 4. The third kappa shape index (κ3) is 1.94. The Kier molecular flexibility index (Phi) is 2.35. The molecule has 1 aromatic carbocycles. The summed E-state index contributed by atoms with van der Waals surface area (Å²) in [6, 6.07) is 4.88. The van der Waals surface area contributed by atoms with Gasteiger partial charge in [0.2, 0.25) is 0 Å². The quantitative estimate of drug-likeness (QED) is 0.822. The van der Waals surface area contributed by atoms with Crippen molar-refractivity contribution in [1.29, 1.82) is 0 Å². The van der Waals surface area contributed by atoms with E-state index in [9.17, 15) is 13.2 Å². The first-order chi connectivity index (χ1) is 8.91. The molecule has 1 saturated carbocycles. The van der Waals surface area contributed by atoms with Crippen LogP contribution in [0.4, 0.5) is 24.7 Å². The summed E-state index contributed by atoms with van der Waals surface area (Å²) in [5.41, 5.74) is 4.82. The number of nitrogens with two attached hydrogens (primary N) is 1. The maximum Gasteiger partial charge on any atom is 0.411 e. The molecule has 1 aliphatic rings. The molecule has 4 nitrogen and oxygen atoms in total. The van der Waals surface area contributed by atoms with E-state index in [-0.39, 0.29) is 18.7 Å². The van der Waals surface area contributed by atoms with Crippen LogP contribution in [0.25, 0.3) is 10.9 Å². The molecule has 1 aliphatic carbocycles. The molecule has 3 rings (SSSR count). The van der Waals surface area contributed by atoms with E-state index in [0.717, 1.165) is 0 Å².